The summed E-state index contributed by atoms with van der Waals surface area (Å²) in [4.78, 5) is 36.0. The van der Waals surface area contributed by atoms with Crippen LogP contribution in [0.15, 0.2) is 0 Å². The third-order valence-corrected chi connectivity index (χ3v) is 3.99. The zero-order valence-electron chi connectivity index (χ0n) is 15.5. The Labute approximate surface area is 158 Å². The molecule has 0 bridgehead atoms. The van der Waals surface area contributed by atoms with Gasteiger partial charge in [-0.3, -0.25) is 4.79 Å². The van der Waals surface area contributed by atoms with E-state index in [2.05, 4.69) is 8.92 Å². The third kappa shape index (κ3) is 4.82. The average Bonchev–Trinajstić information content (AvgIpc) is 2.75. The highest BCUT2D eigenvalue weighted by Gasteiger charge is 2.50. The fourth-order valence-electron chi connectivity index (χ4n) is 2.02. The molecule has 0 atom stereocenters. The summed E-state index contributed by atoms with van der Waals surface area (Å²) in [6.45, 7) is 6.66. The van der Waals surface area contributed by atoms with Crippen molar-refractivity contribution in [2.75, 3.05) is 6.61 Å². The van der Waals surface area contributed by atoms with Crippen LogP contribution in [0.25, 0.3) is 0 Å². The summed E-state index contributed by atoms with van der Waals surface area (Å²) >= 11 is 0. The normalized spacial score (nSPS) is 12.4. The lowest BCUT2D eigenvalue weighted by molar-refractivity contribution is -0.0500. The smallest absolute Gasteiger partial charge is 0.462 e. The minimum atomic E-state index is -6.25. The van der Waals surface area contributed by atoms with Crippen molar-refractivity contribution >= 4 is 28.5 Å². The summed E-state index contributed by atoms with van der Waals surface area (Å²) in [5, 5.41) is 0. The van der Waals surface area contributed by atoms with Crippen molar-refractivity contribution in [3.05, 3.63) is 17.0 Å². The second-order valence-electron chi connectivity index (χ2n) is 6.31. The molecule has 0 saturated heterocycles. The highest BCUT2D eigenvalue weighted by molar-refractivity contribution is 7.88. The van der Waals surface area contributed by atoms with Crippen LogP contribution in [0.4, 0.5) is 18.0 Å². The third-order valence-electron chi connectivity index (χ3n) is 3.04. The van der Waals surface area contributed by atoms with Crippen LogP contribution < -0.4 is 4.18 Å². The van der Waals surface area contributed by atoms with Gasteiger partial charge < -0.3 is 13.7 Å². The Morgan fingerprint density at radius 3 is 2.11 bits per heavy atom. The van der Waals surface area contributed by atoms with Gasteiger partial charge in [0.15, 0.2) is 12.0 Å². The fourth-order valence-corrected chi connectivity index (χ4v) is 2.50. The number of carbonyl (C=O) groups is 3. The zero-order chi connectivity index (χ0) is 22.1. The van der Waals surface area contributed by atoms with Gasteiger partial charge in [-0.25, -0.2) is 14.2 Å². The molecule has 158 valence electrons. The molecule has 0 radical (unpaired) electrons. The number of aromatic nitrogens is 1. The number of carbonyl (C=O) groups excluding carboxylic acids is 3. The number of halogens is 3. The average molecular weight is 429 g/mol. The number of nitrogens with zero attached hydrogens (tertiary/aromatic N) is 1. The number of hydrogen-bond acceptors (Lipinski definition) is 8. The van der Waals surface area contributed by atoms with Crippen LogP contribution in [-0.2, 0) is 19.6 Å². The van der Waals surface area contributed by atoms with Crippen LogP contribution in [0, 0.1) is 6.92 Å². The van der Waals surface area contributed by atoms with Crippen LogP contribution in [-0.4, -0.2) is 49.0 Å². The summed E-state index contributed by atoms with van der Waals surface area (Å²) in [7, 11) is -6.25. The molecule has 13 heteroatoms. The molecule has 0 unspecified atom stereocenters. The number of esters is 1. The van der Waals surface area contributed by atoms with E-state index < -0.39 is 56.0 Å². The van der Waals surface area contributed by atoms with Gasteiger partial charge >= 0.3 is 27.7 Å². The van der Waals surface area contributed by atoms with E-state index in [-0.39, 0.29) is 12.9 Å². The van der Waals surface area contributed by atoms with Crippen molar-refractivity contribution in [3.63, 3.8) is 0 Å². The molecule has 9 nitrogen and oxygen atoms in total. The van der Waals surface area contributed by atoms with Crippen molar-refractivity contribution in [2.45, 2.75) is 45.7 Å². The Kier molecular flexibility index (Phi) is 6.55. The molecule has 1 aromatic rings. The Balaban J connectivity index is 3.77. The second-order valence-corrected chi connectivity index (χ2v) is 7.85. The van der Waals surface area contributed by atoms with Crippen molar-refractivity contribution in [2.24, 2.45) is 0 Å². The largest absolute Gasteiger partial charge is 0.534 e. The van der Waals surface area contributed by atoms with Crippen LogP contribution in [0.2, 0.25) is 0 Å². The second kappa shape index (κ2) is 7.81. The lowest BCUT2D eigenvalue weighted by Crippen LogP contribution is -2.29. The van der Waals surface area contributed by atoms with Gasteiger partial charge in [-0.05, 0) is 34.6 Å². The Morgan fingerprint density at radius 2 is 1.71 bits per heavy atom. The quantitative estimate of drug-likeness (QED) is 0.303. The van der Waals surface area contributed by atoms with Gasteiger partial charge in [0.2, 0.25) is 0 Å². The molecule has 0 N–H and O–H groups in total. The molecular weight excluding hydrogens is 411 g/mol. The van der Waals surface area contributed by atoms with E-state index in [9.17, 15) is 36.0 Å². The van der Waals surface area contributed by atoms with Gasteiger partial charge in [-0.1, -0.05) is 0 Å². The summed E-state index contributed by atoms with van der Waals surface area (Å²) in [5.74, 6) is -2.58. The molecule has 28 heavy (non-hydrogen) atoms. The van der Waals surface area contributed by atoms with Crippen LogP contribution in [0.1, 0.15) is 54.2 Å². The number of alkyl halides is 3. The van der Waals surface area contributed by atoms with Crippen molar-refractivity contribution in [3.8, 4) is 5.75 Å². The van der Waals surface area contributed by atoms with E-state index in [1.54, 1.807) is 0 Å². The van der Waals surface area contributed by atoms with Gasteiger partial charge in [-0.15, -0.1) is 0 Å². The maximum atomic E-state index is 12.7. The topological polar surface area (TPSA) is 118 Å². The van der Waals surface area contributed by atoms with Gasteiger partial charge in [0.05, 0.1) is 6.61 Å². The first-order chi connectivity index (χ1) is 12.6. The van der Waals surface area contributed by atoms with Crippen LogP contribution in [0.5, 0.6) is 5.75 Å². The van der Waals surface area contributed by atoms with Gasteiger partial charge in [0.25, 0.3) is 0 Å². The van der Waals surface area contributed by atoms with E-state index in [0.717, 1.165) is 6.92 Å². The molecule has 0 amide bonds. The van der Waals surface area contributed by atoms with Gasteiger partial charge in [-0.2, -0.15) is 21.6 Å². The Hall–Kier alpha value is -2.57. The predicted octanol–water partition coefficient (Wildman–Crippen LogP) is 2.80. The first-order valence-corrected chi connectivity index (χ1v) is 9.10. The Bertz CT molecular complexity index is 894. The lowest BCUT2D eigenvalue weighted by atomic mass is 10.2. The number of ether oxygens (including phenoxy) is 2. The molecule has 0 fully saturated rings. The summed E-state index contributed by atoms with van der Waals surface area (Å²) in [6.07, 6.45) is -1.38. The summed E-state index contributed by atoms with van der Waals surface area (Å²) < 4.78 is 75.1. The molecule has 0 aliphatic carbocycles. The van der Waals surface area contributed by atoms with Crippen molar-refractivity contribution in [1.29, 1.82) is 0 Å². The first-order valence-electron chi connectivity index (χ1n) is 7.69. The van der Waals surface area contributed by atoms with E-state index in [4.69, 9.17) is 4.74 Å². The van der Waals surface area contributed by atoms with Crippen molar-refractivity contribution in [1.82, 2.24) is 4.57 Å². The minimum Gasteiger partial charge on any atom is -0.462 e. The highest BCUT2D eigenvalue weighted by Crippen LogP contribution is 2.35. The van der Waals surface area contributed by atoms with E-state index in [1.165, 1.54) is 27.7 Å². The number of hydrogen-bond donors (Lipinski definition) is 0. The van der Waals surface area contributed by atoms with Crippen LogP contribution in [0.3, 0.4) is 0 Å². The minimum absolute atomic E-state index is 0.138. The number of aldehydes is 1. The number of rotatable bonds is 5. The fraction of sp³-hybridized carbons (Fsp3) is 0.533. The SMILES string of the molecule is CCOC(=O)c1c(OS(=O)(=O)C(F)(F)F)c(C=O)n(C(=O)OC(C)(C)C)c1C. The molecule has 0 saturated carbocycles. The zero-order valence-corrected chi connectivity index (χ0v) is 16.4. The predicted molar refractivity (Wildman–Crippen MR) is 87.7 cm³/mol. The van der Waals surface area contributed by atoms with Gasteiger partial charge in [0.1, 0.15) is 16.9 Å². The molecule has 1 heterocycles. The Morgan fingerprint density at radius 1 is 1.18 bits per heavy atom. The van der Waals surface area contributed by atoms with Gasteiger partial charge in [0, 0.05) is 5.69 Å². The monoisotopic (exact) mass is 429 g/mol. The molecular formula is C15H18F3NO8S. The summed E-state index contributed by atoms with van der Waals surface area (Å²) in [5.41, 5.74) is -9.11. The molecule has 0 aliphatic rings. The van der Waals surface area contributed by atoms with E-state index >= 15 is 0 Å². The van der Waals surface area contributed by atoms with E-state index in [1.807, 2.05) is 0 Å². The van der Waals surface area contributed by atoms with E-state index in [0.29, 0.717) is 4.57 Å². The maximum absolute atomic E-state index is 12.7. The molecule has 0 aromatic carbocycles. The maximum Gasteiger partial charge on any atom is 0.534 e. The first kappa shape index (κ1) is 23.5. The highest BCUT2D eigenvalue weighted by atomic mass is 32.2. The lowest BCUT2D eigenvalue weighted by Gasteiger charge is -2.20. The standard InChI is InChI=1S/C15H18F3NO8S/c1-6-25-12(21)10-8(2)19(13(22)26-14(3,4)5)9(7-20)11(10)27-28(23,24)15(16,17)18/h7H,6H2,1-5H3. The van der Waals surface area contributed by atoms with Crippen molar-refractivity contribution < 1.29 is 49.6 Å². The molecule has 0 aliphatic heterocycles. The molecule has 0 spiro atoms. The van der Waals surface area contributed by atoms with Crippen LogP contribution >= 0.6 is 0 Å². The molecule has 1 rings (SSSR count). The summed E-state index contributed by atoms with van der Waals surface area (Å²) in [6, 6.07) is 0. The molecule has 1 aromatic heterocycles.